The second-order valence-corrected chi connectivity index (χ2v) is 7.18. The number of carboxylic acid groups (broad SMARTS) is 1. The Bertz CT molecular complexity index is 1060. The number of aromatic nitrogens is 3. The lowest BCUT2D eigenvalue weighted by atomic mass is 10.2. The van der Waals surface area contributed by atoms with Gasteiger partial charge in [0.15, 0.2) is 5.11 Å². The summed E-state index contributed by atoms with van der Waals surface area (Å²) < 4.78 is 6.47. The second-order valence-electron chi connectivity index (χ2n) is 6.79. The largest absolute Gasteiger partial charge is 0.545 e. The van der Waals surface area contributed by atoms with Crippen molar-refractivity contribution < 1.29 is 19.4 Å². The molecule has 3 rings (SSSR count). The Morgan fingerprint density at radius 2 is 1.97 bits per heavy atom. The third kappa shape index (κ3) is 4.90. The summed E-state index contributed by atoms with van der Waals surface area (Å²) in [5.74, 6) is -1.45. The zero-order valence-corrected chi connectivity index (χ0v) is 18.1. The smallest absolute Gasteiger partial charge is 0.325 e. The standard InChI is InChI=1S/C19H24N6O5S/c1-3-23-11-13(17(28)29)15(27)12-9-20-18(22-16(12)23)24-5-7-25(8-6-24)19(31)21-10-14(26)30-4-2/h9,11H,3-8,10H2,1-2H3,(H,21,31)(H,28,29)/p-1. The molecule has 1 aliphatic heterocycles. The first kappa shape index (κ1) is 22.4. The molecule has 0 aromatic carbocycles. The van der Waals surface area contributed by atoms with Crippen LogP contribution in [-0.4, -0.2) is 75.8 Å². The molecule has 31 heavy (non-hydrogen) atoms. The molecular formula is C19H23N6O5S-. The van der Waals surface area contributed by atoms with Crippen LogP contribution in [0.2, 0.25) is 0 Å². The lowest BCUT2D eigenvalue weighted by molar-refractivity contribution is -0.255. The van der Waals surface area contributed by atoms with E-state index >= 15 is 0 Å². The average molecular weight is 447 g/mol. The minimum atomic E-state index is -1.53. The number of rotatable bonds is 6. The van der Waals surface area contributed by atoms with E-state index in [-0.39, 0.29) is 17.9 Å². The molecule has 2 aromatic heterocycles. The first-order chi connectivity index (χ1) is 14.8. The Balaban J connectivity index is 1.72. The number of nitrogens with zero attached hydrogens (tertiary/aromatic N) is 5. The number of aryl methyl sites for hydroxylation is 1. The van der Waals surface area contributed by atoms with Crippen molar-refractivity contribution in [1.82, 2.24) is 24.8 Å². The van der Waals surface area contributed by atoms with E-state index in [4.69, 9.17) is 17.0 Å². The highest BCUT2D eigenvalue weighted by molar-refractivity contribution is 7.80. The van der Waals surface area contributed by atoms with E-state index in [1.807, 2.05) is 16.7 Å². The van der Waals surface area contributed by atoms with Crippen molar-refractivity contribution in [2.24, 2.45) is 0 Å². The van der Waals surface area contributed by atoms with Gasteiger partial charge in [-0.15, -0.1) is 0 Å². The number of piperazine rings is 1. The van der Waals surface area contributed by atoms with Crippen LogP contribution in [0.4, 0.5) is 5.95 Å². The molecule has 0 saturated carbocycles. The van der Waals surface area contributed by atoms with Crippen LogP contribution < -0.4 is 20.8 Å². The Morgan fingerprint density at radius 3 is 2.58 bits per heavy atom. The summed E-state index contributed by atoms with van der Waals surface area (Å²) in [5.41, 5.74) is -0.700. The minimum absolute atomic E-state index is 0.0169. The zero-order chi connectivity index (χ0) is 22.5. The fourth-order valence-corrected chi connectivity index (χ4v) is 3.54. The predicted molar refractivity (Wildman–Crippen MR) is 115 cm³/mol. The van der Waals surface area contributed by atoms with Crippen LogP contribution in [-0.2, 0) is 16.1 Å². The molecular weight excluding hydrogens is 424 g/mol. The average Bonchev–Trinajstić information content (AvgIpc) is 2.77. The highest BCUT2D eigenvalue weighted by atomic mass is 32.1. The molecule has 0 radical (unpaired) electrons. The summed E-state index contributed by atoms with van der Waals surface area (Å²) in [6.07, 6.45) is 2.61. The molecule has 0 bridgehead atoms. The van der Waals surface area contributed by atoms with Gasteiger partial charge in [-0.2, -0.15) is 4.98 Å². The van der Waals surface area contributed by atoms with Gasteiger partial charge in [0, 0.05) is 45.1 Å². The van der Waals surface area contributed by atoms with Crippen LogP contribution >= 0.6 is 12.2 Å². The van der Waals surface area contributed by atoms with Crippen LogP contribution in [0.1, 0.15) is 24.2 Å². The van der Waals surface area contributed by atoms with Crippen molar-refractivity contribution in [3.8, 4) is 0 Å². The van der Waals surface area contributed by atoms with Gasteiger partial charge >= 0.3 is 5.97 Å². The summed E-state index contributed by atoms with van der Waals surface area (Å²) in [6, 6.07) is 0. The molecule has 3 heterocycles. The van der Waals surface area contributed by atoms with Crippen molar-refractivity contribution in [1.29, 1.82) is 0 Å². The molecule has 0 amide bonds. The molecule has 11 nitrogen and oxygen atoms in total. The summed E-state index contributed by atoms with van der Waals surface area (Å²) in [5, 5.41) is 14.7. The summed E-state index contributed by atoms with van der Waals surface area (Å²) in [4.78, 5) is 47.8. The predicted octanol–water partition coefficient (Wildman–Crippen LogP) is -1.27. The number of carbonyl (C=O) groups is 2. The summed E-state index contributed by atoms with van der Waals surface area (Å²) in [7, 11) is 0. The fraction of sp³-hybridized carbons (Fsp3) is 0.474. The van der Waals surface area contributed by atoms with Crippen LogP contribution in [0.25, 0.3) is 11.0 Å². The van der Waals surface area contributed by atoms with Crippen molar-refractivity contribution in [2.75, 3.05) is 44.2 Å². The molecule has 1 N–H and O–H groups in total. The number of hydrogen-bond donors (Lipinski definition) is 1. The lowest BCUT2D eigenvalue weighted by Gasteiger charge is -2.36. The van der Waals surface area contributed by atoms with Crippen molar-refractivity contribution in [3.63, 3.8) is 0 Å². The maximum atomic E-state index is 12.4. The zero-order valence-electron chi connectivity index (χ0n) is 17.3. The van der Waals surface area contributed by atoms with E-state index < -0.39 is 17.0 Å². The monoisotopic (exact) mass is 447 g/mol. The van der Waals surface area contributed by atoms with Gasteiger partial charge in [-0.3, -0.25) is 9.59 Å². The molecule has 166 valence electrons. The molecule has 2 aromatic rings. The minimum Gasteiger partial charge on any atom is -0.545 e. The maximum Gasteiger partial charge on any atom is 0.325 e. The number of hydrogen-bond acceptors (Lipinski definition) is 9. The van der Waals surface area contributed by atoms with Crippen molar-refractivity contribution >= 4 is 46.3 Å². The van der Waals surface area contributed by atoms with E-state index in [0.29, 0.717) is 56.0 Å². The summed E-state index contributed by atoms with van der Waals surface area (Å²) >= 11 is 5.34. The number of anilines is 1. The van der Waals surface area contributed by atoms with E-state index in [9.17, 15) is 19.5 Å². The maximum absolute atomic E-state index is 12.4. The Kier molecular flexibility index (Phi) is 7.00. The van der Waals surface area contributed by atoms with E-state index in [1.54, 1.807) is 11.5 Å². The van der Waals surface area contributed by atoms with Gasteiger partial charge in [-0.1, -0.05) is 0 Å². The molecule has 0 spiro atoms. The number of aromatic carboxylic acids is 1. The summed E-state index contributed by atoms with van der Waals surface area (Å²) in [6.45, 7) is 6.70. The number of nitrogens with one attached hydrogen (secondary N) is 1. The molecule has 0 atom stereocenters. The molecule has 12 heteroatoms. The van der Waals surface area contributed by atoms with Crippen LogP contribution in [0.5, 0.6) is 0 Å². The Morgan fingerprint density at radius 1 is 1.26 bits per heavy atom. The number of carboxylic acids is 1. The quantitative estimate of drug-likeness (QED) is 0.420. The van der Waals surface area contributed by atoms with Crippen LogP contribution in [0.3, 0.4) is 0 Å². The van der Waals surface area contributed by atoms with Crippen LogP contribution in [0, 0.1) is 0 Å². The van der Waals surface area contributed by atoms with Crippen LogP contribution in [0.15, 0.2) is 17.2 Å². The van der Waals surface area contributed by atoms with E-state index in [2.05, 4.69) is 15.3 Å². The number of fused-ring (bicyclic) bond motifs is 1. The SMILES string of the molecule is CCOC(=O)CNC(=S)N1CCN(c2ncc3c(=O)c(C(=O)[O-])cn(CC)c3n2)CC1. The number of ether oxygens (including phenoxy) is 1. The first-order valence-corrected chi connectivity index (χ1v) is 10.3. The van der Waals surface area contributed by atoms with Gasteiger partial charge in [0.05, 0.1) is 23.5 Å². The number of esters is 1. The van der Waals surface area contributed by atoms with Gasteiger partial charge in [0.25, 0.3) is 0 Å². The number of thiocarbonyl (C=S) groups is 1. The van der Waals surface area contributed by atoms with Crippen molar-refractivity contribution in [3.05, 3.63) is 28.2 Å². The van der Waals surface area contributed by atoms with E-state index in [1.165, 1.54) is 12.4 Å². The van der Waals surface area contributed by atoms with Crippen molar-refractivity contribution in [2.45, 2.75) is 20.4 Å². The number of carbonyl (C=O) groups excluding carboxylic acids is 2. The molecule has 1 fully saturated rings. The first-order valence-electron chi connectivity index (χ1n) is 9.90. The fourth-order valence-electron chi connectivity index (χ4n) is 3.28. The normalized spacial score (nSPS) is 13.9. The van der Waals surface area contributed by atoms with Gasteiger partial charge in [-0.25, -0.2) is 4.98 Å². The third-order valence-corrected chi connectivity index (χ3v) is 5.30. The number of pyridine rings is 1. The van der Waals surface area contributed by atoms with Gasteiger partial charge in [0.2, 0.25) is 11.4 Å². The molecule has 0 unspecified atom stereocenters. The van der Waals surface area contributed by atoms with Gasteiger partial charge < -0.3 is 34.3 Å². The molecule has 1 saturated heterocycles. The Labute approximate surface area is 183 Å². The van der Waals surface area contributed by atoms with E-state index in [0.717, 1.165) is 0 Å². The van der Waals surface area contributed by atoms with Gasteiger partial charge in [-0.05, 0) is 26.1 Å². The highest BCUT2D eigenvalue weighted by Gasteiger charge is 2.22. The topological polar surface area (TPSA) is 133 Å². The molecule has 0 aliphatic carbocycles. The van der Waals surface area contributed by atoms with Gasteiger partial charge in [0.1, 0.15) is 12.2 Å². The second kappa shape index (κ2) is 9.69. The molecule has 1 aliphatic rings. The third-order valence-electron chi connectivity index (χ3n) is 4.90. The highest BCUT2D eigenvalue weighted by Crippen LogP contribution is 2.16. The Hall–Kier alpha value is -3.28. The lowest BCUT2D eigenvalue weighted by Crippen LogP contribution is -2.52.